The van der Waals surface area contributed by atoms with Gasteiger partial charge < -0.3 is 14.5 Å². The first-order chi connectivity index (χ1) is 16.1. The number of hydrogen-bond donors (Lipinski definition) is 0. The van der Waals surface area contributed by atoms with Crippen molar-refractivity contribution in [2.45, 2.75) is 18.9 Å². The van der Waals surface area contributed by atoms with Gasteiger partial charge in [0, 0.05) is 43.1 Å². The van der Waals surface area contributed by atoms with Crippen LogP contribution in [0.5, 0.6) is 0 Å². The summed E-state index contributed by atoms with van der Waals surface area (Å²) < 4.78 is 5.42. The molecule has 1 aromatic heterocycles. The molecule has 3 heterocycles. The molecule has 8 heteroatoms. The minimum atomic E-state index is -0.418. The first-order valence-corrected chi connectivity index (χ1v) is 11.6. The summed E-state index contributed by atoms with van der Waals surface area (Å²) >= 11 is 6.01. The fourth-order valence-electron chi connectivity index (χ4n) is 4.68. The molecule has 2 aliphatic rings. The van der Waals surface area contributed by atoms with Crippen LogP contribution in [0.3, 0.4) is 0 Å². The van der Waals surface area contributed by atoms with Gasteiger partial charge in [0.2, 0.25) is 0 Å². The van der Waals surface area contributed by atoms with Crippen molar-refractivity contribution in [2.75, 3.05) is 42.6 Å². The first kappa shape index (κ1) is 21.7. The molecule has 0 spiro atoms. The van der Waals surface area contributed by atoms with E-state index >= 15 is 0 Å². The molecule has 0 radical (unpaired) electrons. The van der Waals surface area contributed by atoms with Crippen molar-refractivity contribution < 1.29 is 9.66 Å². The number of hydrogen-bond acceptors (Lipinski definition) is 6. The maximum atomic E-state index is 11.3. The summed E-state index contributed by atoms with van der Waals surface area (Å²) in [6, 6.07) is 17.9. The quantitative estimate of drug-likeness (QED) is 0.367. The molecular formula is C25H25ClN4O3. The van der Waals surface area contributed by atoms with Crippen LogP contribution in [0.2, 0.25) is 5.02 Å². The molecule has 0 unspecified atom stereocenters. The fraction of sp³-hybridized carbons (Fsp3) is 0.320. The summed E-state index contributed by atoms with van der Waals surface area (Å²) in [5.74, 6) is 0.982. The van der Waals surface area contributed by atoms with E-state index in [0.29, 0.717) is 0 Å². The van der Waals surface area contributed by atoms with Crippen molar-refractivity contribution in [3.8, 4) is 11.1 Å². The van der Waals surface area contributed by atoms with Gasteiger partial charge >= 0.3 is 0 Å². The Hall–Kier alpha value is -3.16. The average molecular weight is 465 g/mol. The number of ether oxygens (including phenoxy) is 1. The van der Waals surface area contributed by atoms with Crippen LogP contribution in [0.25, 0.3) is 11.1 Å². The third-order valence-electron chi connectivity index (χ3n) is 6.42. The van der Waals surface area contributed by atoms with Gasteiger partial charge in [-0.3, -0.25) is 10.1 Å². The predicted molar refractivity (Wildman–Crippen MR) is 130 cm³/mol. The zero-order valence-corrected chi connectivity index (χ0v) is 18.9. The number of halogens is 1. The van der Waals surface area contributed by atoms with Gasteiger partial charge in [-0.15, -0.1) is 0 Å². The van der Waals surface area contributed by atoms with E-state index in [0.717, 1.165) is 73.9 Å². The highest BCUT2D eigenvalue weighted by Gasteiger charge is 2.28. The topological polar surface area (TPSA) is 71.7 Å². The minimum Gasteiger partial charge on any atom is -0.378 e. The summed E-state index contributed by atoms with van der Waals surface area (Å²) in [4.78, 5) is 20.1. The number of morpholine rings is 1. The monoisotopic (exact) mass is 464 g/mol. The van der Waals surface area contributed by atoms with E-state index in [1.807, 2.05) is 12.3 Å². The van der Waals surface area contributed by atoms with Gasteiger partial charge in [0.05, 0.1) is 24.2 Å². The minimum absolute atomic E-state index is 0.0376. The third kappa shape index (κ3) is 4.51. The Labute approximate surface area is 197 Å². The molecule has 33 heavy (non-hydrogen) atoms. The van der Waals surface area contributed by atoms with Gasteiger partial charge in [-0.2, -0.15) is 0 Å². The SMILES string of the molecule is O=[N+]([O-])c1cc([C@H]2CCCN2c2ccc(-c3ccc(N4CCOCC4)nc3)cc2)ccc1Cl. The standard InChI is InChI=1S/C25H25ClN4O3/c26-22-9-5-19(16-24(22)30(31)32)23-2-1-11-29(23)21-7-3-18(4-8-21)20-6-10-25(27-17-20)28-12-14-33-15-13-28/h3-10,16-17,23H,1-2,11-15H2/t23-/m1/s1. The van der Waals surface area contributed by atoms with E-state index < -0.39 is 4.92 Å². The smallest absolute Gasteiger partial charge is 0.288 e. The van der Waals surface area contributed by atoms with Crippen molar-refractivity contribution in [1.29, 1.82) is 0 Å². The number of anilines is 2. The van der Waals surface area contributed by atoms with Gasteiger partial charge in [-0.1, -0.05) is 29.8 Å². The first-order valence-electron chi connectivity index (χ1n) is 11.2. The Morgan fingerprint density at radius 3 is 2.45 bits per heavy atom. The van der Waals surface area contributed by atoms with Gasteiger partial charge in [-0.05, 0) is 54.3 Å². The molecule has 0 bridgehead atoms. The van der Waals surface area contributed by atoms with E-state index in [4.69, 9.17) is 16.3 Å². The molecular weight excluding hydrogens is 440 g/mol. The van der Waals surface area contributed by atoms with Crippen molar-refractivity contribution >= 4 is 28.8 Å². The molecule has 0 N–H and O–H groups in total. The van der Waals surface area contributed by atoms with Gasteiger partial charge in [0.1, 0.15) is 10.8 Å². The lowest BCUT2D eigenvalue weighted by molar-refractivity contribution is -0.384. The van der Waals surface area contributed by atoms with E-state index in [9.17, 15) is 10.1 Å². The largest absolute Gasteiger partial charge is 0.378 e. The van der Waals surface area contributed by atoms with E-state index in [2.05, 4.69) is 51.2 Å². The highest BCUT2D eigenvalue weighted by atomic mass is 35.5. The van der Waals surface area contributed by atoms with Crippen LogP contribution in [0, 0.1) is 10.1 Å². The third-order valence-corrected chi connectivity index (χ3v) is 6.74. The number of pyridine rings is 1. The number of benzene rings is 2. The Bertz CT molecular complexity index is 1130. The molecule has 5 rings (SSSR count). The van der Waals surface area contributed by atoms with Crippen molar-refractivity contribution in [1.82, 2.24) is 4.98 Å². The van der Waals surface area contributed by atoms with E-state index in [-0.39, 0.29) is 16.8 Å². The Morgan fingerprint density at radius 1 is 1.00 bits per heavy atom. The molecule has 2 saturated heterocycles. The number of nitro groups is 1. The molecule has 7 nitrogen and oxygen atoms in total. The Kier molecular flexibility index (Phi) is 6.15. The van der Waals surface area contributed by atoms with E-state index in [1.54, 1.807) is 12.1 Å². The zero-order valence-electron chi connectivity index (χ0n) is 18.2. The summed E-state index contributed by atoms with van der Waals surface area (Å²) in [6.45, 7) is 4.14. The van der Waals surface area contributed by atoms with Crippen LogP contribution >= 0.6 is 11.6 Å². The number of nitro benzene ring substituents is 1. The van der Waals surface area contributed by atoms with Crippen molar-refractivity contribution in [2.24, 2.45) is 0 Å². The number of aromatic nitrogens is 1. The highest BCUT2D eigenvalue weighted by Crippen LogP contribution is 2.39. The molecule has 2 aromatic carbocycles. The molecule has 2 aliphatic heterocycles. The van der Waals surface area contributed by atoms with Gasteiger partial charge in [0.15, 0.2) is 0 Å². The fourth-order valence-corrected chi connectivity index (χ4v) is 4.87. The van der Waals surface area contributed by atoms with Crippen LogP contribution < -0.4 is 9.80 Å². The lowest BCUT2D eigenvalue weighted by Gasteiger charge is -2.28. The maximum absolute atomic E-state index is 11.3. The second-order valence-electron chi connectivity index (χ2n) is 8.37. The summed E-state index contributed by atoms with van der Waals surface area (Å²) in [7, 11) is 0. The van der Waals surface area contributed by atoms with E-state index in [1.165, 1.54) is 0 Å². The lowest BCUT2D eigenvalue weighted by atomic mass is 10.0. The summed E-state index contributed by atoms with van der Waals surface area (Å²) in [5.41, 5.74) is 4.18. The lowest BCUT2D eigenvalue weighted by Crippen LogP contribution is -2.36. The number of nitrogens with zero attached hydrogens (tertiary/aromatic N) is 4. The van der Waals surface area contributed by atoms with Crippen LogP contribution in [0.1, 0.15) is 24.4 Å². The highest BCUT2D eigenvalue weighted by molar-refractivity contribution is 6.32. The molecule has 1 atom stereocenters. The average Bonchev–Trinajstić information content (AvgIpc) is 3.35. The molecule has 0 saturated carbocycles. The maximum Gasteiger partial charge on any atom is 0.288 e. The molecule has 2 fully saturated rings. The molecule has 0 amide bonds. The second kappa shape index (κ2) is 9.37. The second-order valence-corrected chi connectivity index (χ2v) is 8.78. The Morgan fingerprint density at radius 2 is 1.76 bits per heavy atom. The van der Waals surface area contributed by atoms with Crippen molar-refractivity contribution in [3.63, 3.8) is 0 Å². The molecule has 0 aliphatic carbocycles. The van der Waals surface area contributed by atoms with Crippen LogP contribution in [0.4, 0.5) is 17.2 Å². The predicted octanol–water partition coefficient (Wildman–Crippen LogP) is 5.49. The number of rotatable bonds is 5. The normalized spacial score (nSPS) is 18.5. The van der Waals surface area contributed by atoms with Gasteiger partial charge in [0.25, 0.3) is 5.69 Å². The van der Waals surface area contributed by atoms with Crippen LogP contribution in [-0.2, 0) is 4.74 Å². The van der Waals surface area contributed by atoms with Crippen molar-refractivity contribution in [3.05, 3.63) is 81.5 Å². The molecule has 3 aromatic rings. The summed E-state index contributed by atoms with van der Waals surface area (Å²) in [5, 5.41) is 11.5. The molecule has 170 valence electrons. The van der Waals surface area contributed by atoms with Crippen LogP contribution in [0.15, 0.2) is 60.8 Å². The Balaban J connectivity index is 1.33. The zero-order chi connectivity index (χ0) is 22.8. The summed E-state index contributed by atoms with van der Waals surface area (Å²) in [6.07, 6.45) is 3.91. The van der Waals surface area contributed by atoms with Crippen LogP contribution in [-0.4, -0.2) is 42.8 Å². The van der Waals surface area contributed by atoms with Gasteiger partial charge in [-0.25, -0.2) is 4.98 Å².